The van der Waals surface area contributed by atoms with Gasteiger partial charge in [-0.3, -0.25) is 4.79 Å². The average molecular weight is 472 g/mol. The van der Waals surface area contributed by atoms with E-state index >= 15 is 0 Å². The predicted molar refractivity (Wildman–Crippen MR) is 127 cm³/mol. The molecular formula is C22H30FN9O2. The molecule has 3 heterocycles. The zero-order chi connectivity index (χ0) is 24.7. The van der Waals surface area contributed by atoms with Gasteiger partial charge in [0.2, 0.25) is 5.88 Å². The molecule has 34 heavy (non-hydrogen) atoms. The fourth-order valence-electron chi connectivity index (χ4n) is 3.43. The van der Waals surface area contributed by atoms with Gasteiger partial charge in [-0.1, -0.05) is 31.4 Å². The molecule has 0 radical (unpaired) electrons. The number of nitrogens with zero attached hydrogens (tertiary/aromatic N) is 5. The highest BCUT2D eigenvalue weighted by atomic mass is 19.1. The summed E-state index contributed by atoms with van der Waals surface area (Å²) >= 11 is 0. The van der Waals surface area contributed by atoms with Gasteiger partial charge in [0.1, 0.15) is 11.5 Å². The number of pyridine rings is 2. The Balaban J connectivity index is 1.94. The molecule has 0 saturated carbocycles. The molecule has 6 N–H and O–H groups in total. The molecule has 12 heteroatoms. The molecule has 3 rings (SSSR count). The number of hydrogen-bond acceptors (Lipinski definition) is 9. The second-order valence-electron chi connectivity index (χ2n) is 7.91. The van der Waals surface area contributed by atoms with Crippen molar-refractivity contribution in [2.45, 2.75) is 51.6 Å². The summed E-state index contributed by atoms with van der Waals surface area (Å²) in [6.07, 6.45) is 8.44. The van der Waals surface area contributed by atoms with Crippen LogP contribution in [0, 0.1) is 5.82 Å². The largest absolute Gasteiger partial charge is 0.479 e. The van der Waals surface area contributed by atoms with Crippen LogP contribution in [-0.4, -0.2) is 50.1 Å². The Kier molecular flexibility index (Phi) is 8.30. The number of hydrogen-bond donors (Lipinski definition) is 4. The van der Waals surface area contributed by atoms with Gasteiger partial charge in [0.05, 0.1) is 37.0 Å². The number of ether oxygens (including phenoxy) is 1. The number of unbranched alkanes of at least 4 members (excludes halogenated alkanes) is 2. The maximum absolute atomic E-state index is 14.8. The van der Waals surface area contributed by atoms with Crippen molar-refractivity contribution < 1.29 is 13.9 Å². The summed E-state index contributed by atoms with van der Waals surface area (Å²) in [5, 5.41) is 13.8. The second-order valence-corrected chi connectivity index (χ2v) is 7.91. The fourth-order valence-corrected chi connectivity index (χ4v) is 3.43. The van der Waals surface area contributed by atoms with Gasteiger partial charge in [0, 0.05) is 12.1 Å². The third-order valence-electron chi connectivity index (χ3n) is 5.27. The van der Waals surface area contributed by atoms with E-state index in [0.717, 1.165) is 31.7 Å². The molecule has 3 aromatic rings. The van der Waals surface area contributed by atoms with E-state index in [9.17, 15) is 9.18 Å². The smallest absolute Gasteiger partial charge is 0.252 e. The van der Waals surface area contributed by atoms with Crippen LogP contribution in [0.3, 0.4) is 0 Å². The van der Waals surface area contributed by atoms with E-state index in [-0.39, 0.29) is 29.3 Å². The molecule has 0 saturated heterocycles. The first-order valence-corrected chi connectivity index (χ1v) is 11.0. The van der Waals surface area contributed by atoms with Gasteiger partial charge in [0.15, 0.2) is 11.6 Å². The second kappa shape index (κ2) is 11.4. The molecule has 3 aromatic heterocycles. The highest BCUT2D eigenvalue weighted by Gasteiger charge is 2.21. The quantitative estimate of drug-likeness (QED) is 0.291. The first-order chi connectivity index (χ1) is 16.3. The first kappa shape index (κ1) is 24.8. The van der Waals surface area contributed by atoms with Crippen LogP contribution >= 0.6 is 0 Å². The van der Waals surface area contributed by atoms with Crippen LogP contribution in [0.5, 0.6) is 5.88 Å². The molecule has 0 aromatic carbocycles. The van der Waals surface area contributed by atoms with Crippen LogP contribution in [0.4, 0.5) is 21.7 Å². The number of halogens is 1. The van der Waals surface area contributed by atoms with E-state index in [4.69, 9.17) is 16.2 Å². The van der Waals surface area contributed by atoms with Crippen LogP contribution in [0.15, 0.2) is 30.7 Å². The number of nitrogens with one attached hydrogen (secondary N) is 2. The standard InChI is InChI=1S/C22H30FN9O2/c1-4-5-6-7-17(13(2)24)29-21-16(23)11-15(19(25)33)20(30-21)28-14-10-18(22(34-3)26-12-14)32-9-8-27-31-32/h8-13,17H,4-7,24H2,1-3H3,(H2,25,33)(H2,28,29,30)/t13-,17+/m0/s1. The molecule has 2 atom stereocenters. The van der Waals surface area contributed by atoms with Crippen molar-refractivity contribution >= 4 is 23.2 Å². The lowest BCUT2D eigenvalue weighted by Crippen LogP contribution is -2.38. The summed E-state index contributed by atoms with van der Waals surface area (Å²) in [7, 11) is 1.48. The van der Waals surface area contributed by atoms with Gasteiger partial charge in [-0.15, -0.1) is 5.10 Å². The highest BCUT2D eigenvalue weighted by molar-refractivity contribution is 5.98. The van der Waals surface area contributed by atoms with Crippen molar-refractivity contribution in [3.63, 3.8) is 0 Å². The lowest BCUT2D eigenvalue weighted by Gasteiger charge is -2.24. The number of aromatic nitrogens is 5. The van der Waals surface area contributed by atoms with Gasteiger partial charge in [-0.2, -0.15) is 0 Å². The van der Waals surface area contributed by atoms with E-state index < -0.39 is 11.7 Å². The maximum atomic E-state index is 14.8. The van der Waals surface area contributed by atoms with E-state index in [0.29, 0.717) is 17.3 Å². The minimum absolute atomic E-state index is 0.0238. The van der Waals surface area contributed by atoms with Gasteiger partial charge in [-0.25, -0.2) is 19.0 Å². The molecule has 0 aliphatic rings. The highest BCUT2D eigenvalue weighted by Crippen LogP contribution is 2.28. The molecule has 11 nitrogen and oxygen atoms in total. The van der Waals surface area contributed by atoms with Crippen LogP contribution in [0.25, 0.3) is 5.69 Å². The van der Waals surface area contributed by atoms with Crippen molar-refractivity contribution in [3.8, 4) is 11.6 Å². The van der Waals surface area contributed by atoms with Crippen molar-refractivity contribution in [3.05, 3.63) is 42.1 Å². The number of nitrogens with two attached hydrogens (primary N) is 2. The normalized spacial score (nSPS) is 12.7. The van der Waals surface area contributed by atoms with Crippen molar-refractivity contribution in [1.29, 1.82) is 0 Å². The number of carbonyl (C=O) groups excluding carboxylic acids is 1. The summed E-state index contributed by atoms with van der Waals surface area (Å²) in [4.78, 5) is 20.6. The van der Waals surface area contributed by atoms with Crippen LogP contribution in [0.1, 0.15) is 49.9 Å². The van der Waals surface area contributed by atoms with Gasteiger partial charge < -0.3 is 26.8 Å². The zero-order valence-corrected chi connectivity index (χ0v) is 19.5. The molecule has 182 valence electrons. The maximum Gasteiger partial charge on any atom is 0.252 e. The Morgan fingerprint density at radius 3 is 2.71 bits per heavy atom. The van der Waals surface area contributed by atoms with Crippen molar-refractivity contribution in [1.82, 2.24) is 25.0 Å². The Hall–Kier alpha value is -3.80. The summed E-state index contributed by atoms with van der Waals surface area (Å²) in [5.41, 5.74) is 12.4. The van der Waals surface area contributed by atoms with Crippen molar-refractivity contribution in [2.24, 2.45) is 11.5 Å². The van der Waals surface area contributed by atoms with E-state index in [1.807, 2.05) is 6.92 Å². The van der Waals surface area contributed by atoms with E-state index in [2.05, 4.69) is 37.8 Å². The number of carbonyl (C=O) groups is 1. The predicted octanol–water partition coefficient (Wildman–Crippen LogP) is 2.76. The summed E-state index contributed by atoms with van der Waals surface area (Å²) in [6.45, 7) is 3.96. The Labute approximate surface area is 197 Å². The van der Waals surface area contributed by atoms with Gasteiger partial charge in [0.25, 0.3) is 5.91 Å². The fraction of sp³-hybridized carbons (Fsp3) is 0.409. The minimum Gasteiger partial charge on any atom is -0.479 e. The van der Waals surface area contributed by atoms with Gasteiger partial charge >= 0.3 is 0 Å². The SMILES string of the molecule is CCCCC[C@@H](Nc1nc(Nc2cnc(OC)c(-n3ccnn3)c2)c(C(N)=O)cc1F)[C@H](C)N. The lowest BCUT2D eigenvalue weighted by atomic mass is 10.0. The summed E-state index contributed by atoms with van der Waals surface area (Å²) in [5.74, 6) is -1.16. The van der Waals surface area contributed by atoms with E-state index in [1.54, 1.807) is 12.3 Å². The topological polar surface area (TPSA) is 159 Å². The number of rotatable bonds is 12. The van der Waals surface area contributed by atoms with Gasteiger partial charge in [-0.05, 0) is 25.5 Å². The minimum atomic E-state index is -0.829. The number of anilines is 3. The molecule has 0 bridgehead atoms. The number of primary amides is 1. The molecule has 0 fully saturated rings. The first-order valence-electron chi connectivity index (χ1n) is 11.0. The number of amides is 1. The monoisotopic (exact) mass is 471 g/mol. The molecule has 0 spiro atoms. The third kappa shape index (κ3) is 5.95. The Morgan fingerprint density at radius 2 is 2.09 bits per heavy atom. The third-order valence-corrected chi connectivity index (χ3v) is 5.27. The molecule has 0 unspecified atom stereocenters. The Bertz CT molecular complexity index is 1110. The molecule has 1 amide bonds. The lowest BCUT2D eigenvalue weighted by molar-refractivity contribution is 0.100. The van der Waals surface area contributed by atoms with Crippen LogP contribution in [0.2, 0.25) is 0 Å². The average Bonchev–Trinajstić information content (AvgIpc) is 3.34. The molecule has 0 aliphatic heterocycles. The summed E-state index contributed by atoms with van der Waals surface area (Å²) in [6, 6.07) is 2.31. The van der Waals surface area contributed by atoms with Crippen molar-refractivity contribution in [2.75, 3.05) is 17.7 Å². The molecular weight excluding hydrogens is 441 g/mol. The number of methoxy groups -OCH3 is 1. The Morgan fingerprint density at radius 1 is 1.29 bits per heavy atom. The summed E-state index contributed by atoms with van der Waals surface area (Å²) < 4.78 is 21.6. The van der Waals surface area contributed by atoms with Crippen LogP contribution in [-0.2, 0) is 0 Å². The van der Waals surface area contributed by atoms with E-state index in [1.165, 1.54) is 24.2 Å². The van der Waals surface area contributed by atoms with Crippen LogP contribution < -0.4 is 26.8 Å². The zero-order valence-electron chi connectivity index (χ0n) is 19.5. The molecule has 0 aliphatic carbocycles.